The van der Waals surface area contributed by atoms with Crippen LogP contribution >= 0.6 is 12.4 Å². The van der Waals surface area contributed by atoms with Crippen molar-refractivity contribution in [3.63, 3.8) is 0 Å². The van der Waals surface area contributed by atoms with E-state index in [1.807, 2.05) is 20.8 Å². The average Bonchev–Trinajstić information content (AvgIpc) is 2.30. The van der Waals surface area contributed by atoms with Crippen molar-refractivity contribution in [1.29, 1.82) is 0 Å². The van der Waals surface area contributed by atoms with E-state index in [-0.39, 0.29) is 36.3 Å². The first-order valence-corrected chi connectivity index (χ1v) is 5.09. The lowest BCUT2D eigenvalue weighted by atomic mass is 9.92. The van der Waals surface area contributed by atoms with Crippen LogP contribution in [0.5, 0.6) is 0 Å². The van der Waals surface area contributed by atoms with Crippen molar-refractivity contribution in [3.8, 4) is 0 Å². The molecule has 0 radical (unpaired) electrons. The molecule has 1 aliphatic heterocycles. The van der Waals surface area contributed by atoms with E-state index in [1.54, 1.807) is 11.9 Å². The van der Waals surface area contributed by atoms with Gasteiger partial charge in [-0.15, -0.1) is 12.4 Å². The fourth-order valence-corrected chi connectivity index (χ4v) is 1.95. The molecular weight excluding hydrogens is 231 g/mol. The minimum absolute atomic E-state index is 0. The Morgan fingerprint density at radius 2 is 2.06 bits per heavy atom. The molecule has 0 aliphatic carbocycles. The van der Waals surface area contributed by atoms with Gasteiger partial charge in [-0.05, 0) is 5.41 Å². The molecular formula is C11H20ClFN2O. The lowest BCUT2D eigenvalue weighted by Gasteiger charge is -2.32. The fourth-order valence-electron chi connectivity index (χ4n) is 1.95. The van der Waals surface area contributed by atoms with Crippen molar-refractivity contribution in [3.05, 3.63) is 12.4 Å². The largest absolute Gasteiger partial charge is 0.328 e. The first-order valence-electron chi connectivity index (χ1n) is 5.09. The first-order chi connectivity index (χ1) is 6.73. The highest BCUT2D eigenvalue weighted by atomic mass is 35.5. The molecule has 1 N–H and O–H groups in total. The maximum atomic E-state index is 12.7. The summed E-state index contributed by atoms with van der Waals surface area (Å²) in [6.45, 7) is 9.32. The zero-order chi connectivity index (χ0) is 11.8. The van der Waals surface area contributed by atoms with E-state index >= 15 is 0 Å². The molecule has 0 unspecified atom stereocenters. The van der Waals surface area contributed by atoms with Crippen LogP contribution < -0.4 is 5.32 Å². The number of amides is 1. The Morgan fingerprint density at radius 1 is 1.56 bits per heavy atom. The van der Waals surface area contributed by atoms with E-state index in [0.717, 1.165) is 0 Å². The van der Waals surface area contributed by atoms with Crippen LogP contribution in [0.15, 0.2) is 12.4 Å². The highest BCUT2D eigenvalue weighted by Crippen LogP contribution is 2.27. The summed E-state index contributed by atoms with van der Waals surface area (Å²) in [6, 6.07) is -0.461. The Kier molecular flexibility index (Phi) is 4.95. The zero-order valence-corrected chi connectivity index (χ0v) is 11.0. The standard InChI is InChI=1S/C11H19FN2O.ClH/c1-7(12)6-8-9(15)14(5)10(13-8)11(2,3)4;/h8,10,13H,1,6H2,2-5H3;1H/t8-,10+;/m0./s1. The van der Waals surface area contributed by atoms with Gasteiger partial charge in [-0.1, -0.05) is 27.4 Å². The summed E-state index contributed by atoms with van der Waals surface area (Å²) in [4.78, 5) is 13.4. The smallest absolute Gasteiger partial charge is 0.241 e. The molecule has 1 heterocycles. The number of rotatable bonds is 2. The van der Waals surface area contributed by atoms with Crippen molar-refractivity contribution >= 4 is 18.3 Å². The highest BCUT2D eigenvalue weighted by Gasteiger charge is 2.42. The lowest BCUT2D eigenvalue weighted by Crippen LogP contribution is -2.45. The summed E-state index contributed by atoms with van der Waals surface area (Å²) in [5.74, 6) is -0.516. The predicted molar refractivity (Wildman–Crippen MR) is 65.0 cm³/mol. The van der Waals surface area contributed by atoms with E-state index in [0.29, 0.717) is 0 Å². The number of likely N-dealkylation sites (N-methyl/N-ethyl adjacent to an activating group) is 1. The second-order valence-corrected chi connectivity index (χ2v) is 5.16. The molecule has 5 heteroatoms. The number of carbonyl (C=O) groups excluding carboxylic acids is 1. The summed E-state index contributed by atoms with van der Waals surface area (Å²) in [5.41, 5.74) is -0.0587. The van der Waals surface area contributed by atoms with Crippen LogP contribution in [0.2, 0.25) is 0 Å². The third-order valence-electron chi connectivity index (χ3n) is 2.64. The normalized spacial score (nSPS) is 25.6. The van der Waals surface area contributed by atoms with E-state index < -0.39 is 11.9 Å². The van der Waals surface area contributed by atoms with Crippen molar-refractivity contribution in [2.24, 2.45) is 5.41 Å². The number of halogens is 2. The molecule has 94 valence electrons. The van der Waals surface area contributed by atoms with Gasteiger partial charge in [0, 0.05) is 13.5 Å². The van der Waals surface area contributed by atoms with Gasteiger partial charge in [0.05, 0.1) is 18.0 Å². The molecule has 16 heavy (non-hydrogen) atoms. The van der Waals surface area contributed by atoms with Gasteiger partial charge in [0.1, 0.15) is 0 Å². The number of hydrogen-bond acceptors (Lipinski definition) is 2. The number of carbonyl (C=O) groups is 1. The van der Waals surface area contributed by atoms with Gasteiger partial charge in [-0.25, -0.2) is 4.39 Å². The monoisotopic (exact) mass is 250 g/mol. The van der Waals surface area contributed by atoms with Crippen molar-refractivity contribution in [1.82, 2.24) is 10.2 Å². The van der Waals surface area contributed by atoms with Gasteiger partial charge in [-0.3, -0.25) is 10.1 Å². The molecule has 0 spiro atoms. The Hall–Kier alpha value is -0.610. The highest BCUT2D eigenvalue weighted by molar-refractivity contribution is 5.85. The summed E-state index contributed by atoms with van der Waals surface area (Å²) in [6.07, 6.45) is 0.0183. The summed E-state index contributed by atoms with van der Waals surface area (Å²) in [5, 5.41) is 3.14. The molecule has 0 bridgehead atoms. The minimum Gasteiger partial charge on any atom is -0.328 e. The van der Waals surface area contributed by atoms with Crippen LogP contribution in [0.3, 0.4) is 0 Å². The Morgan fingerprint density at radius 3 is 2.38 bits per heavy atom. The first kappa shape index (κ1) is 15.4. The average molecular weight is 251 g/mol. The fraction of sp³-hybridized carbons (Fsp3) is 0.727. The van der Waals surface area contributed by atoms with Crippen molar-refractivity contribution in [2.75, 3.05) is 7.05 Å². The molecule has 0 aromatic carbocycles. The zero-order valence-electron chi connectivity index (χ0n) is 10.2. The minimum atomic E-state index is -0.461. The van der Waals surface area contributed by atoms with Gasteiger partial charge >= 0.3 is 0 Å². The number of nitrogens with zero attached hydrogens (tertiary/aromatic N) is 1. The number of nitrogens with one attached hydrogen (secondary N) is 1. The molecule has 3 nitrogen and oxygen atoms in total. The molecule has 0 aromatic heterocycles. The second-order valence-electron chi connectivity index (χ2n) is 5.16. The van der Waals surface area contributed by atoms with E-state index in [2.05, 4.69) is 11.9 Å². The Balaban J connectivity index is 0.00000225. The SMILES string of the molecule is C=C(F)C[C@@H]1N[C@@H](C(C)(C)C)N(C)C1=O.Cl. The topological polar surface area (TPSA) is 32.3 Å². The Labute approximate surface area is 102 Å². The Bertz CT molecular complexity index is 288. The number of hydrogen-bond donors (Lipinski definition) is 1. The third-order valence-corrected chi connectivity index (χ3v) is 2.64. The predicted octanol–water partition coefficient (Wildman–Crippen LogP) is 2.08. The molecule has 2 atom stereocenters. The van der Waals surface area contributed by atoms with Crippen LogP contribution in [-0.4, -0.2) is 30.1 Å². The van der Waals surface area contributed by atoms with Gasteiger partial charge in [0.2, 0.25) is 5.91 Å². The summed E-state index contributed by atoms with van der Waals surface area (Å²) >= 11 is 0. The maximum Gasteiger partial charge on any atom is 0.241 e. The second kappa shape index (κ2) is 5.15. The molecule has 1 fully saturated rings. The van der Waals surface area contributed by atoms with Crippen molar-refractivity contribution in [2.45, 2.75) is 39.4 Å². The van der Waals surface area contributed by atoms with Crippen LogP contribution in [0.1, 0.15) is 27.2 Å². The molecule has 1 rings (SSSR count). The third kappa shape index (κ3) is 3.19. The van der Waals surface area contributed by atoms with Crippen LogP contribution in [0.25, 0.3) is 0 Å². The quantitative estimate of drug-likeness (QED) is 0.814. The summed E-state index contributed by atoms with van der Waals surface area (Å²) in [7, 11) is 1.74. The van der Waals surface area contributed by atoms with Gasteiger partial charge < -0.3 is 4.90 Å². The lowest BCUT2D eigenvalue weighted by molar-refractivity contribution is -0.129. The van der Waals surface area contributed by atoms with Gasteiger partial charge in [-0.2, -0.15) is 0 Å². The molecule has 1 saturated heterocycles. The molecule has 0 saturated carbocycles. The van der Waals surface area contributed by atoms with Gasteiger partial charge in [0.15, 0.2) is 0 Å². The maximum absolute atomic E-state index is 12.7. The molecule has 0 aromatic rings. The van der Waals surface area contributed by atoms with Crippen LogP contribution in [0.4, 0.5) is 4.39 Å². The van der Waals surface area contributed by atoms with E-state index in [1.165, 1.54) is 0 Å². The van der Waals surface area contributed by atoms with Crippen LogP contribution in [-0.2, 0) is 4.79 Å². The van der Waals surface area contributed by atoms with Gasteiger partial charge in [0.25, 0.3) is 0 Å². The van der Waals surface area contributed by atoms with E-state index in [4.69, 9.17) is 0 Å². The van der Waals surface area contributed by atoms with Crippen LogP contribution in [0, 0.1) is 5.41 Å². The van der Waals surface area contributed by atoms with E-state index in [9.17, 15) is 9.18 Å². The molecule has 1 amide bonds. The molecule has 1 aliphatic rings. The van der Waals surface area contributed by atoms with Crippen molar-refractivity contribution < 1.29 is 9.18 Å². The summed E-state index contributed by atoms with van der Waals surface area (Å²) < 4.78 is 12.7.